The molecule has 0 bridgehead atoms. The maximum Gasteiger partial charge on any atom is 0.264 e. The van der Waals surface area contributed by atoms with Crippen molar-refractivity contribution in [1.82, 2.24) is 10.2 Å². The van der Waals surface area contributed by atoms with E-state index in [0.717, 1.165) is 4.31 Å². The first kappa shape index (κ1) is 31.0. The molecule has 3 rings (SSSR count). The van der Waals surface area contributed by atoms with Gasteiger partial charge in [0.15, 0.2) is 0 Å². The van der Waals surface area contributed by atoms with E-state index in [9.17, 15) is 18.0 Å². The number of nitrogens with zero attached hydrogens (tertiary/aromatic N) is 2. The normalized spacial score (nSPS) is 12.1. The minimum Gasteiger partial charge on any atom is -0.354 e. The van der Waals surface area contributed by atoms with Crippen LogP contribution in [0.5, 0.6) is 0 Å². The monoisotopic (exact) mass is 629 g/mol. The highest BCUT2D eigenvalue weighted by Crippen LogP contribution is 2.35. The van der Waals surface area contributed by atoms with Crippen LogP contribution >= 0.6 is 46.4 Å². The molecule has 0 aliphatic carbocycles. The van der Waals surface area contributed by atoms with Gasteiger partial charge in [-0.15, -0.1) is 0 Å². The Morgan fingerprint density at radius 1 is 0.897 bits per heavy atom. The summed E-state index contributed by atoms with van der Waals surface area (Å²) in [5.41, 5.74) is 0.630. The quantitative estimate of drug-likeness (QED) is 0.264. The Balaban J connectivity index is 2.06. The molecule has 0 heterocycles. The number of nitrogens with one attached hydrogen (secondary N) is 1. The van der Waals surface area contributed by atoms with Crippen molar-refractivity contribution in [1.29, 1.82) is 0 Å². The predicted molar refractivity (Wildman–Crippen MR) is 157 cm³/mol. The zero-order chi connectivity index (χ0) is 28.7. The molecule has 39 heavy (non-hydrogen) atoms. The Labute approximate surface area is 248 Å². The number of hydrogen-bond acceptors (Lipinski definition) is 4. The summed E-state index contributed by atoms with van der Waals surface area (Å²) in [5.74, 6) is -1.03. The third-order valence-electron chi connectivity index (χ3n) is 5.86. The largest absolute Gasteiger partial charge is 0.354 e. The fraction of sp³-hybridized carbons (Fsp3) is 0.259. The van der Waals surface area contributed by atoms with Crippen molar-refractivity contribution in [3.05, 3.63) is 92.4 Å². The Bertz CT molecular complexity index is 1440. The van der Waals surface area contributed by atoms with Gasteiger partial charge in [-0.25, -0.2) is 8.42 Å². The van der Waals surface area contributed by atoms with Gasteiger partial charge in [-0.3, -0.25) is 13.9 Å². The number of amides is 2. The van der Waals surface area contributed by atoms with E-state index >= 15 is 0 Å². The van der Waals surface area contributed by atoms with E-state index in [1.165, 1.54) is 35.2 Å². The summed E-state index contributed by atoms with van der Waals surface area (Å²) in [6.45, 7) is 3.22. The molecule has 3 aromatic carbocycles. The van der Waals surface area contributed by atoms with E-state index in [2.05, 4.69) is 5.32 Å². The molecule has 12 heteroatoms. The average Bonchev–Trinajstić information content (AvgIpc) is 2.92. The van der Waals surface area contributed by atoms with Crippen molar-refractivity contribution < 1.29 is 18.0 Å². The van der Waals surface area contributed by atoms with Crippen LogP contribution in [-0.4, -0.2) is 44.3 Å². The molecule has 0 aliphatic rings. The van der Waals surface area contributed by atoms with Gasteiger partial charge in [-0.1, -0.05) is 83.7 Å². The van der Waals surface area contributed by atoms with Crippen LogP contribution in [0.3, 0.4) is 0 Å². The number of rotatable bonds is 11. The maximum absolute atomic E-state index is 13.9. The topological polar surface area (TPSA) is 86.8 Å². The zero-order valence-corrected chi connectivity index (χ0v) is 25.0. The molecule has 0 saturated carbocycles. The molecule has 1 atom stereocenters. The van der Waals surface area contributed by atoms with E-state index in [-0.39, 0.29) is 38.1 Å². The summed E-state index contributed by atoms with van der Waals surface area (Å²) in [6.07, 6.45) is 0.704. The van der Waals surface area contributed by atoms with E-state index in [1.54, 1.807) is 43.3 Å². The first-order valence-corrected chi connectivity index (χ1v) is 15.0. The Morgan fingerprint density at radius 3 is 2.23 bits per heavy atom. The van der Waals surface area contributed by atoms with Gasteiger partial charge in [0.05, 0.1) is 30.7 Å². The van der Waals surface area contributed by atoms with Crippen LogP contribution in [0.15, 0.2) is 71.6 Å². The lowest BCUT2D eigenvalue weighted by Gasteiger charge is -2.32. The summed E-state index contributed by atoms with van der Waals surface area (Å²) >= 11 is 24.9. The van der Waals surface area contributed by atoms with Gasteiger partial charge in [0.1, 0.15) is 12.6 Å². The number of halogens is 4. The molecule has 3 aromatic rings. The molecule has 0 saturated heterocycles. The van der Waals surface area contributed by atoms with E-state index < -0.39 is 28.5 Å². The van der Waals surface area contributed by atoms with Crippen molar-refractivity contribution in [2.75, 3.05) is 17.4 Å². The third-order valence-corrected chi connectivity index (χ3v) is 9.19. The molecule has 7 nitrogen and oxygen atoms in total. The molecule has 0 aromatic heterocycles. The molecular formula is C27H27Cl4N3O4S. The Hall–Kier alpha value is -2.49. The predicted octanol–water partition coefficient (Wildman–Crippen LogP) is 6.44. The molecule has 1 N–H and O–H groups in total. The summed E-state index contributed by atoms with van der Waals surface area (Å²) in [5, 5.41) is 3.49. The zero-order valence-electron chi connectivity index (χ0n) is 21.2. The molecule has 0 unspecified atom stereocenters. The number of hydrogen-bond donors (Lipinski definition) is 1. The third kappa shape index (κ3) is 7.58. The van der Waals surface area contributed by atoms with Crippen molar-refractivity contribution in [3.8, 4) is 0 Å². The van der Waals surface area contributed by atoms with Gasteiger partial charge in [0.25, 0.3) is 10.0 Å². The van der Waals surface area contributed by atoms with Crippen LogP contribution in [0, 0.1) is 0 Å². The Kier molecular flexibility index (Phi) is 10.9. The number of anilines is 1. The minimum atomic E-state index is -4.26. The number of benzene rings is 3. The molecule has 0 spiro atoms. The summed E-state index contributed by atoms with van der Waals surface area (Å²) in [4.78, 5) is 28.0. The average molecular weight is 631 g/mol. The van der Waals surface area contributed by atoms with Gasteiger partial charge in [0, 0.05) is 13.1 Å². The SMILES string of the molecule is CCCNC(=O)[C@H](C)N(Cc1ccc(Cl)c(Cl)c1)C(=O)CN(c1cccc(Cl)c1Cl)S(=O)(=O)c1ccccc1. The van der Waals surface area contributed by atoms with Crippen molar-refractivity contribution >= 4 is 73.9 Å². The highest BCUT2D eigenvalue weighted by Gasteiger charge is 2.33. The van der Waals surface area contributed by atoms with E-state index in [1.807, 2.05) is 6.92 Å². The van der Waals surface area contributed by atoms with Gasteiger partial charge in [-0.05, 0) is 55.3 Å². The van der Waals surface area contributed by atoms with Crippen LogP contribution in [0.25, 0.3) is 0 Å². The molecule has 0 aliphatic heterocycles. The van der Waals surface area contributed by atoms with Crippen LogP contribution in [0.4, 0.5) is 5.69 Å². The van der Waals surface area contributed by atoms with Crippen molar-refractivity contribution in [3.63, 3.8) is 0 Å². The summed E-state index contributed by atoms with van der Waals surface area (Å²) in [7, 11) is -4.26. The molecule has 2 amide bonds. The van der Waals surface area contributed by atoms with Crippen LogP contribution < -0.4 is 9.62 Å². The standard InChI is InChI=1S/C27H27Cl4N3O4S/c1-3-14-32-27(36)18(2)33(16-19-12-13-21(28)23(30)15-19)25(35)17-34(24-11-7-10-22(29)26(24)31)39(37,38)20-8-5-4-6-9-20/h4-13,15,18H,3,14,16-17H2,1-2H3,(H,32,36)/t18-/m0/s1. The lowest BCUT2D eigenvalue weighted by Crippen LogP contribution is -2.51. The van der Waals surface area contributed by atoms with Gasteiger partial charge in [0.2, 0.25) is 11.8 Å². The number of sulfonamides is 1. The van der Waals surface area contributed by atoms with Gasteiger partial charge < -0.3 is 10.2 Å². The van der Waals surface area contributed by atoms with Crippen molar-refractivity contribution in [2.24, 2.45) is 0 Å². The van der Waals surface area contributed by atoms with E-state index in [4.69, 9.17) is 46.4 Å². The second kappa shape index (κ2) is 13.7. The van der Waals surface area contributed by atoms with Crippen LogP contribution in [0.2, 0.25) is 20.1 Å². The number of carbonyl (C=O) groups is 2. The first-order valence-electron chi connectivity index (χ1n) is 12.0. The van der Waals surface area contributed by atoms with Crippen LogP contribution in [-0.2, 0) is 26.2 Å². The molecule has 0 radical (unpaired) electrons. The highest BCUT2D eigenvalue weighted by atomic mass is 35.5. The molecule has 208 valence electrons. The number of carbonyl (C=O) groups excluding carboxylic acids is 2. The minimum absolute atomic E-state index is 0.0268. The van der Waals surface area contributed by atoms with Gasteiger partial charge in [-0.2, -0.15) is 0 Å². The lowest BCUT2D eigenvalue weighted by atomic mass is 10.1. The molecule has 0 fully saturated rings. The first-order chi connectivity index (χ1) is 18.5. The maximum atomic E-state index is 13.9. The van der Waals surface area contributed by atoms with E-state index in [0.29, 0.717) is 23.6 Å². The summed E-state index contributed by atoms with van der Waals surface area (Å²) in [6, 6.07) is 16.1. The molecular weight excluding hydrogens is 604 g/mol. The lowest BCUT2D eigenvalue weighted by molar-refractivity contribution is -0.139. The fourth-order valence-corrected chi connectivity index (χ4v) is 5.95. The fourth-order valence-electron chi connectivity index (χ4n) is 3.73. The van der Waals surface area contributed by atoms with Crippen molar-refractivity contribution in [2.45, 2.75) is 37.8 Å². The Morgan fingerprint density at radius 2 is 1.59 bits per heavy atom. The van der Waals surface area contributed by atoms with Crippen LogP contribution in [0.1, 0.15) is 25.8 Å². The smallest absolute Gasteiger partial charge is 0.264 e. The van der Waals surface area contributed by atoms with Gasteiger partial charge >= 0.3 is 0 Å². The second-order valence-electron chi connectivity index (χ2n) is 8.63. The highest BCUT2D eigenvalue weighted by molar-refractivity contribution is 7.92. The summed E-state index contributed by atoms with van der Waals surface area (Å²) < 4.78 is 28.5. The second-order valence-corrected chi connectivity index (χ2v) is 12.1.